The van der Waals surface area contributed by atoms with E-state index >= 15 is 0 Å². The van der Waals surface area contributed by atoms with Gasteiger partial charge in [0.1, 0.15) is 5.76 Å². The van der Waals surface area contributed by atoms with Crippen LogP contribution in [0.1, 0.15) is 56.4 Å². The average Bonchev–Trinajstić information content (AvgIpc) is 3.34. The second-order valence-electron chi connectivity index (χ2n) is 8.97. The van der Waals surface area contributed by atoms with Crippen molar-refractivity contribution in [3.05, 3.63) is 54.2 Å². The van der Waals surface area contributed by atoms with E-state index in [1.807, 2.05) is 24.4 Å². The summed E-state index contributed by atoms with van der Waals surface area (Å²) in [5.41, 5.74) is 1.16. The Balaban J connectivity index is 1.26. The SMILES string of the molecule is c1ccc(CN2CCC(NC(=NCC3CCCCC3)NCCc3ccco3)CC2)nc1. The molecule has 3 heterocycles. The molecule has 4 rings (SSSR count). The standard InChI is InChI=1S/C25H37N5O/c1-2-7-21(8-3-1)19-28-25(27-15-11-24-10-6-18-31-24)29-22-12-16-30(17-13-22)20-23-9-4-5-14-26-23/h4-6,9-10,14,18,21-22H,1-3,7-8,11-13,15-17,19-20H2,(H2,27,28,29). The Labute approximate surface area is 186 Å². The van der Waals surface area contributed by atoms with Gasteiger partial charge in [0, 0.05) is 51.4 Å². The predicted octanol–water partition coefficient (Wildman–Crippen LogP) is 4.00. The summed E-state index contributed by atoms with van der Waals surface area (Å²) in [6, 6.07) is 10.6. The Kier molecular flexibility index (Phi) is 8.39. The Morgan fingerprint density at radius 3 is 2.68 bits per heavy atom. The highest BCUT2D eigenvalue weighted by atomic mass is 16.3. The monoisotopic (exact) mass is 423 g/mol. The molecule has 168 valence electrons. The first kappa shape index (κ1) is 21.9. The third-order valence-electron chi connectivity index (χ3n) is 6.52. The van der Waals surface area contributed by atoms with Crippen LogP contribution in [0.15, 0.2) is 52.2 Å². The molecule has 1 aliphatic heterocycles. The molecule has 2 fully saturated rings. The number of likely N-dealkylation sites (tertiary alicyclic amines) is 1. The highest BCUT2D eigenvalue weighted by Gasteiger charge is 2.21. The molecule has 2 N–H and O–H groups in total. The molecule has 0 atom stereocenters. The molecule has 0 bridgehead atoms. The van der Waals surface area contributed by atoms with Crippen molar-refractivity contribution in [1.29, 1.82) is 0 Å². The van der Waals surface area contributed by atoms with Crippen molar-refractivity contribution in [2.75, 3.05) is 26.2 Å². The maximum absolute atomic E-state index is 5.47. The van der Waals surface area contributed by atoms with Gasteiger partial charge in [-0.1, -0.05) is 25.3 Å². The fourth-order valence-corrected chi connectivity index (χ4v) is 4.65. The Morgan fingerprint density at radius 2 is 1.94 bits per heavy atom. The quantitative estimate of drug-likeness (QED) is 0.496. The van der Waals surface area contributed by atoms with Crippen molar-refractivity contribution >= 4 is 5.96 Å². The van der Waals surface area contributed by atoms with Crippen LogP contribution in [0.2, 0.25) is 0 Å². The number of hydrogen-bond acceptors (Lipinski definition) is 4. The second-order valence-corrected chi connectivity index (χ2v) is 8.97. The summed E-state index contributed by atoms with van der Waals surface area (Å²) in [6.45, 7) is 4.90. The number of rotatable bonds is 8. The molecule has 1 aliphatic carbocycles. The fourth-order valence-electron chi connectivity index (χ4n) is 4.65. The van der Waals surface area contributed by atoms with E-state index in [2.05, 4.69) is 32.7 Å². The summed E-state index contributed by atoms with van der Waals surface area (Å²) >= 11 is 0. The van der Waals surface area contributed by atoms with Gasteiger partial charge in [-0.25, -0.2) is 0 Å². The van der Waals surface area contributed by atoms with Crippen LogP contribution < -0.4 is 10.6 Å². The van der Waals surface area contributed by atoms with Crippen LogP contribution in [0.25, 0.3) is 0 Å². The number of aromatic nitrogens is 1. The third-order valence-corrected chi connectivity index (χ3v) is 6.52. The highest BCUT2D eigenvalue weighted by molar-refractivity contribution is 5.80. The lowest BCUT2D eigenvalue weighted by Gasteiger charge is -2.33. The lowest BCUT2D eigenvalue weighted by Crippen LogP contribution is -2.49. The van der Waals surface area contributed by atoms with E-state index in [1.165, 1.54) is 32.1 Å². The van der Waals surface area contributed by atoms with Gasteiger partial charge in [0.15, 0.2) is 5.96 Å². The molecule has 0 unspecified atom stereocenters. The lowest BCUT2D eigenvalue weighted by atomic mass is 9.89. The van der Waals surface area contributed by atoms with E-state index < -0.39 is 0 Å². The normalized spacial score (nSPS) is 19.4. The second kappa shape index (κ2) is 11.9. The van der Waals surface area contributed by atoms with Crippen molar-refractivity contribution in [3.8, 4) is 0 Å². The number of pyridine rings is 1. The first-order valence-corrected chi connectivity index (χ1v) is 12.0. The number of guanidine groups is 1. The van der Waals surface area contributed by atoms with E-state index in [4.69, 9.17) is 9.41 Å². The first-order valence-electron chi connectivity index (χ1n) is 12.0. The maximum atomic E-state index is 5.47. The van der Waals surface area contributed by atoms with Crippen LogP contribution in [0.3, 0.4) is 0 Å². The van der Waals surface area contributed by atoms with E-state index in [-0.39, 0.29) is 0 Å². The van der Waals surface area contributed by atoms with Crippen molar-refractivity contribution < 1.29 is 4.42 Å². The Hall–Kier alpha value is -2.34. The van der Waals surface area contributed by atoms with Gasteiger partial charge in [0.05, 0.1) is 12.0 Å². The Bertz CT molecular complexity index is 762. The zero-order chi connectivity index (χ0) is 21.1. The van der Waals surface area contributed by atoms with Crippen LogP contribution >= 0.6 is 0 Å². The molecule has 6 heteroatoms. The zero-order valence-corrected chi connectivity index (χ0v) is 18.6. The summed E-state index contributed by atoms with van der Waals surface area (Å²) in [5.74, 6) is 2.74. The van der Waals surface area contributed by atoms with Gasteiger partial charge in [-0.2, -0.15) is 0 Å². The van der Waals surface area contributed by atoms with E-state index in [0.29, 0.717) is 6.04 Å². The highest BCUT2D eigenvalue weighted by Crippen LogP contribution is 2.23. The number of furan rings is 1. The summed E-state index contributed by atoms with van der Waals surface area (Å²) in [6.07, 6.45) is 13.5. The van der Waals surface area contributed by atoms with E-state index in [9.17, 15) is 0 Å². The van der Waals surface area contributed by atoms with E-state index in [1.54, 1.807) is 6.26 Å². The molecule has 2 aromatic heterocycles. The molecule has 6 nitrogen and oxygen atoms in total. The zero-order valence-electron chi connectivity index (χ0n) is 18.6. The van der Waals surface area contributed by atoms with Gasteiger partial charge >= 0.3 is 0 Å². The summed E-state index contributed by atoms with van der Waals surface area (Å²) in [7, 11) is 0. The van der Waals surface area contributed by atoms with Gasteiger partial charge in [-0.3, -0.25) is 14.9 Å². The van der Waals surface area contributed by atoms with Gasteiger partial charge < -0.3 is 15.1 Å². The minimum atomic E-state index is 0.473. The molecular weight excluding hydrogens is 386 g/mol. The fraction of sp³-hybridized carbons (Fsp3) is 0.600. The van der Waals surface area contributed by atoms with Crippen LogP contribution in [-0.4, -0.2) is 48.1 Å². The topological polar surface area (TPSA) is 65.7 Å². The van der Waals surface area contributed by atoms with Crippen molar-refractivity contribution in [2.24, 2.45) is 10.9 Å². The average molecular weight is 424 g/mol. The minimum absolute atomic E-state index is 0.473. The number of piperidine rings is 1. The largest absolute Gasteiger partial charge is 0.469 e. The molecule has 2 aliphatic rings. The predicted molar refractivity (Wildman–Crippen MR) is 125 cm³/mol. The molecule has 1 saturated heterocycles. The van der Waals surface area contributed by atoms with Gasteiger partial charge in [0.25, 0.3) is 0 Å². The Morgan fingerprint density at radius 1 is 1.06 bits per heavy atom. The number of aliphatic imine (C=N–C) groups is 1. The first-order chi connectivity index (χ1) is 15.3. The molecule has 31 heavy (non-hydrogen) atoms. The molecule has 0 aromatic carbocycles. The van der Waals surface area contributed by atoms with Crippen LogP contribution in [-0.2, 0) is 13.0 Å². The lowest BCUT2D eigenvalue weighted by molar-refractivity contribution is 0.196. The molecule has 1 saturated carbocycles. The van der Waals surface area contributed by atoms with E-state index in [0.717, 1.165) is 75.3 Å². The van der Waals surface area contributed by atoms with Crippen LogP contribution in [0.4, 0.5) is 0 Å². The summed E-state index contributed by atoms with van der Waals surface area (Å²) in [4.78, 5) is 12.0. The molecule has 0 spiro atoms. The molecule has 0 radical (unpaired) electrons. The smallest absolute Gasteiger partial charge is 0.191 e. The van der Waals surface area contributed by atoms with Crippen LogP contribution in [0.5, 0.6) is 0 Å². The number of nitrogens with one attached hydrogen (secondary N) is 2. The van der Waals surface area contributed by atoms with Crippen LogP contribution in [0, 0.1) is 5.92 Å². The number of hydrogen-bond donors (Lipinski definition) is 2. The van der Waals surface area contributed by atoms with Crippen molar-refractivity contribution in [2.45, 2.75) is 64.0 Å². The number of nitrogens with zero attached hydrogens (tertiary/aromatic N) is 3. The van der Waals surface area contributed by atoms with Crippen molar-refractivity contribution in [1.82, 2.24) is 20.5 Å². The molecule has 2 aromatic rings. The maximum Gasteiger partial charge on any atom is 0.191 e. The third kappa shape index (κ3) is 7.39. The van der Waals surface area contributed by atoms with Gasteiger partial charge in [-0.15, -0.1) is 0 Å². The molecule has 0 amide bonds. The van der Waals surface area contributed by atoms with Gasteiger partial charge in [-0.05, 0) is 55.9 Å². The van der Waals surface area contributed by atoms with Gasteiger partial charge in [0.2, 0.25) is 0 Å². The molecular formula is C25H37N5O. The summed E-state index contributed by atoms with van der Waals surface area (Å²) < 4.78 is 5.47. The minimum Gasteiger partial charge on any atom is -0.469 e. The van der Waals surface area contributed by atoms with Crippen molar-refractivity contribution in [3.63, 3.8) is 0 Å². The summed E-state index contributed by atoms with van der Waals surface area (Å²) in [5, 5.41) is 7.28.